The number of amides is 5. The highest BCUT2D eigenvalue weighted by molar-refractivity contribution is 5.94. The standard InChI is InChI=1S/C41H53N9O8/c1-6-24(2)37-40(54)44-25(3)38-46-34(19-26-13-14-31(56-4)33(18-26)57-5)48-50(38)23-35(51)42-15-16-49(41(55)32-12-9-17-58-32)22-36(52)45-30(39(53)47-37)20-27-21-43-29-11-8-7-10-28(27)29/h7-8,10-11,13-14,18,21,24-25,30,32,37,43H,6,9,12,15-17,19-20,22-23H2,1-5H3,(H,42,51)(H,44,54)(H,45,52)(H,47,53)/t24-,25+,30+,32+,37-/m0/s1. The van der Waals surface area contributed by atoms with Crippen molar-refractivity contribution in [3.63, 3.8) is 0 Å². The van der Waals surface area contributed by atoms with Gasteiger partial charge in [-0.25, -0.2) is 9.67 Å². The van der Waals surface area contributed by atoms with Crippen LogP contribution in [0.25, 0.3) is 10.9 Å². The molecule has 2 aliphatic rings. The number of aromatic amines is 1. The van der Waals surface area contributed by atoms with Crippen LogP contribution in [0.15, 0.2) is 48.7 Å². The van der Waals surface area contributed by atoms with Gasteiger partial charge in [-0.3, -0.25) is 24.0 Å². The summed E-state index contributed by atoms with van der Waals surface area (Å²) in [5.74, 6) is -0.885. The van der Waals surface area contributed by atoms with E-state index in [4.69, 9.17) is 19.2 Å². The van der Waals surface area contributed by atoms with E-state index < -0.39 is 47.9 Å². The van der Waals surface area contributed by atoms with Crippen LogP contribution in [0.2, 0.25) is 0 Å². The Balaban J connectivity index is 1.33. The molecule has 0 unspecified atom stereocenters. The third-order valence-electron chi connectivity index (χ3n) is 10.7. The molecule has 17 heteroatoms. The first-order chi connectivity index (χ1) is 28.0. The highest BCUT2D eigenvalue weighted by Gasteiger charge is 2.34. The van der Waals surface area contributed by atoms with Crippen LogP contribution >= 0.6 is 0 Å². The lowest BCUT2D eigenvalue weighted by atomic mass is 9.96. The number of benzene rings is 2. The Hall–Kier alpha value is -5.97. The average Bonchev–Trinajstić information content (AvgIpc) is 3.99. The summed E-state index contributed by atoms with van der Waals surface area (Å²) in [5.41, 5.74) is 2.48. The fraction of sp³-hybridized carbons (Fsp3) is 0.488. The lowest BCUT2D eigenvalue weighted by Gasteiger charge is -2.29. The number of ether oxygens (including phenoxy) is 3. The summed E-state index contributed by atoms with van der Waals surface area (Å²) in [7, 11) is 3.10. The second-order valence-electron chi connectivity index (χ2n) is 14.8. The number of hydrogen-bond acceptors (Lipinski definition) is 10. The molecule has 5 atom stereocenters. The zero-order valence-electron chi connectivity index (χ0n) is 33.6. The third kappa shape index (κ3) is 9.93. The Morgan fingerprint density at radius 2 is 1.78 bits per heavy atom. The number of H-pyrrole nitrogens is 1. The molecular formula is C41H53N9O8. The molecule has 6 rings (SSSR count). The second kappa shape index (κ2) is 19.0. The molecule has 0 spiro atoms. The molecule has 2 aromatic carbocycles. The summed E-state index contributed by atoms with van der Waals surface area (Å²) in [6.45, 7) is 5.35. The van der Waals surface area contributed by atoms with Crippen molar-refractivity contribution >= 4 is 40.4 Å². The Morgan fingerprint density at radius 1 is 0.983 bits per heavy atom. The number of nitrogens with zero attached hydrogens (tertiary/aromatic N) is 4. The Kier molecular flexibility index (Phi) is 13.6. The molecule has 310 valence electrons. The molecule has 4 heterocycles. The highest BCUT2D eigenvalue weighted by atomic mass is 16.5. The first-order valence-electron chi connectivity index (χ1n) is 19.7. The monoisotopic (exact) mass is 799 g/mol. The Morgan fingerprint density at radius 3 is 2.52 bits per heavy atom. The van der Waals surface area contributed by atoms with Crippen LogP contribution in [-0.2, 0) is 48.1 Å². The van der Waals surface area contributed by atoms with Gasteiger partial charge in [0.25, 0.3) is 5.91 Å². The van der Waals surface area contributed by atoms with E-state index in [-0.39, 0.29) is 50.8 Å². The molecular weight excluding hydrogens is 747 g/mol. The van der Waals surface area contributed by atoms with Gasteiger partial charge in [-0.1, -0.05) is 44.5 Å². The molecule has 1 fully saturated rings. The van der Waals surface area contributed by atoms with Gasteiger partial charge < -0.3 is 45.4 Å². The van der Waals surface area contributed by atoms with Crippen molar-refractivity contribution in [3.05, 3.63) is 71.4 Å². The van der Waals surface area contributed by atoms with Gasteiger partial charge in [0, 0.05) is 49.6 Å². The summed E-state index contributed by atoms with van der Waals surface area (Å²) < 4.78 is 18.0. The van der Waals surface area contributed by atoms with Gasteiger partial charge in [0.1, 0.15) is 30.6 Å². The molecule has 5 N–H and O–H groups in total. The van der Waals surface area contributed by atoms with Crippen molar-refractivity contribution in [2.45, 2.75) is 83.6 Å². The average molecular weight is 800 g/mol. The number of carbonyl (C=O) groups excluding carboxylic acids is 5. The SMILES string of the molecule is CC[C@H](C)[C@@H]1NC(=O)[C@@H](Cc2c[nH]c3ccccc23)NC(=O)CN(C(=O)[C@H]2CCCO2)CCNC(=O)Cn2nc(Cc3ccc(OC)c(OC)c3)nc2[C@@H](C)NC1=O. The number of para-hydroxylation sites is 1. The highest BCUT2D eigenvalue weighted by Crippen LogP contribution is 2.28. The minimum atomic E-state index is -1.11. The molecule has 2 aliphatic heterocycles. The topological polar surface area (TPSA) is 211 Å². The first kappa shape index (κ1) is 41.7. The summed E-state index contributed by atoms with van der Waals surface area (Å²) in [6, 6.07) is 10.2. The van der Waals surface area contributed by atoms with Gasteiger partial charge in [0.15, 0.2) is 17.3 Å². The smallest absolute Gasteiger partial charge is 0.252 e. The number of nitrogens with one attached hydrogen (secondary N) is 5. The Bertz CT molecular complexity index is 2110. The molecule has 1 saturated heterocycles. The van der Waals surface area contributed by atoms with E-state index in [1.807, 2.05) is 50.2 Å². The van der Waals surface area contributed by atoms with E-state index in [1.54, 1.807) is 33.4 Å². The van der Waals surface area contributed by atoms with Gasteiger partial charge in [-0.2, -0.15) is 5.10 Å². The van der Waals surface area contributed by atoms with Crippen LogP contribution in [-0.4, -0.2) is 113 Å². The minimum absolute atomic E-state index is 0.00841. The van der Waals surface area contributed by atoms with Crippen LogP contribution in [0, 0.1) is 5.92 Å². The second-order valence-corrected chi connectivity index (χ2v) is 14.8. The molecule has 0 radical (unpaired) electrons. The third-order valence-corrected chi connectivity index (χ3v) is 10.7. The maximum absolute atomic E-state index is 14.3. The number of carbonyl (C=O) groups is 5. The van der Waals surface area contributed by atoms with Gasteiger partial charge in [-0.15, -0.1) is 0 Å². The van der Waals surface area contributed by atoms with Crippen molar-refractivity contribution in [1.82, 2.24) is 45.9 Å². The first-order valence-corrected chi connectivity index (χ1v) is 19.7. The van der Waals surface area contributed by atoms with Crippen LogP contribution in [0.3, 0.4) is 0 Å². The maximum atomic E-state index is 14.3. The zero-order chi connectivity index (χ0) is 41.3. The van der Waals surface area contributed by atoms with E-state index >= 15 is 0 Å². The predicted molar refractivity (Wildman–Crippen MR) is 213 cm³/mol. The molecule has 2 aromatic heterocycles. The van der Waals surface area contributed by atoms with Crippen LogP contribution in [0.4, 0.5) is 0 Å². The summed E-state index contributed by atoms with van der Waals surface area (Å²) in [6.07, 6.45) is 3.23. The van der Waals surface area contributed by atoms with Crippen molar-refractivity contribution in [2.75, 3.05) is 40.5 Å². The maximum Gasteiger partial charge on any atom is 0.252 e. The zero-order valence-corrected chi connectivity index (χ0v) is 33.6. The van der Waals surface area contributed by atoms with E-state index in [0.29, 0.717) is 49.0 Å². The van der Waals surface area contributed by atoms with Gasteiger partial charge in [0.2, 0.25) is 23.6 Å². The van der Waals surface area contributed by atoms with Crippen molar-refractivity contribution in [2.24, 2.45) is 5.92 Å². The molecule has 0 aliphatic carbocycles. The van der Waals surface area contributed by atoms with Crippen LogP contribution in [0.5, 0.6) is 11.5 Å². The number of hydrogen-bond donors (Lipinski definition) is 5. The van der Waals surface area contributed by atoms with Crippen molar-refractivity contribution in [3.8, 4) is 11.5 Å². The largest absolute Gasteiger partial charge is 0.493 e. The quantitative estimate of drug-likeness (QED) is 0.166. The predicted octanol–water partition coefficient (Wildman–Crippen LogP) is 1.94. The Labute approximate surface area is 336 Å². The molecule has 17 nitrogen and oxygen atoms in total. The molecule has 0 bridgehead atoms. The molecule has 5 amide bonds. The lowest BCUT2D eigenvalue weighted by Crippen LogP contribution is -2.57. The summed E-state index contributed by atoms with van der Waals surface area (Å²) in [5, 5.41) is 17.2. The van der Waals surface area contributed by atoms with E-state index in [9.17, 15) is 24.0 Å². The van der Waals surface area contributed by atoms with E-state index in [0.717, 1.165) is 22.0 Å². The molecule has 4 aromatic rings. The number of methoxy groups -OCH3 is 2. The van der Waals surface area contributed by atoms with Crippen molar-refractivity contribution in [1.29, 1.82) is 0 Å². The minimum Gasteiger partial charge on any atom is -0.493 e. The van der Waals surface area contributed by atoms with Gasteiger partial charge in [-0.05, 0) is 55.0 Å². The number of aromatic nitrogens is 4. The van der Waals surface area contributed by atoms with Crippen LogP contribution < -0.4 is 30.7 Å². The summed E-state index contributed by atoms with van der Waals surface area (Å²) >= 11 is 0. The van der Waals surface area contributed by atoms with Crippen LogP contribution in [0.1, 0.15) is 68.9 Å². The van der Waals surface area contributed by atoms with Gasteiger partial charge >= 0.3 is 0 Å². The molecule has 58 heavy (non-hydrogen) atoms. The number of rotatable bonds is 9. The van der Waals surface area contributed by atoms with Crippen molar-refractivity contribution < 1.29 is 38.2 Å². The fourth-order valence-electron chi connectivity index (χ4n) is 7.32. The number of fused-ring (bicyclic) bond motifs is 2. The summed E-state index contributed by atoms with van der Waals surface area (Å²) in [4.78, 5) is 78.7. The van der Waals surface area contributed by atoms with E-state index in [1.165, 1.54) is 9.58 Å². The van der Waals surface area contributed by atoms with Gasteiger partial charge in [0.05, 0.1) is 26.8 Å². The normalized spacial score (nSPS) is 21.8. The fourth-order valence-corrected chi connectivity index (χ4v) is 7.32. The van der Waals surface area contributed by atoms with E-state index in [2.05, 4.69) is 31.3 Å². The molecule has 0 saturated carbocycles. The lowest BCUT2D eigenvalue weighted by molar-refractivity contribution is -0.144.